The van der Waals surface area contributed by atoms with Gasteiger partial charge in [0.15, 0.2) is 0 Å². The fourth-order valence-electron chi connectivity index (χ4n) is 0.324. The van der Waals surface area contributed by atoms with Crippen LogP contribution >= 0.6 is 0 Å². The van der Waals surface area contributed by atoms with Crippen molar-refractivity contribution in [1.82, 2.24) is 0 Å². The van der Waals surface area contributed by atoms with E-state index in [0.29, 0.717) is 0 Å². The van der Waals surface area contributed by atoms with Gasteiger partial charge in [0.2, 0.25) is 0 Å². The molecule has 0 rings (SSSR count). The maximum atomic E-state index is 9.94. The van der Waals surface area contributed by atoms with Gasteiger partial charge in [-0.25, -0.2) is 0 Å². The zero-order chi connectivity index (χ0) is 12.9. The van der Waals surface area contributed by atoms with Crippen LogP contribution in [0.4, 0.5) is 0 Å². The van der Waals surface area contributed by atoms with E-state index in [1.165, 1.54) is 18.2 Å². The Morgan fingerprint density at radius 3 is 1.67 bits per heavy atom. The van der Waals surface area contributed by atoms with E-state index in [1.54, 1.807) is 0 Å². The molecule has 0 bridgehead atoms. The van der Waals surface area contributed by atoms with Crippen LogP contribution in [0.25, 0.3) is 0 Å². The Labute approximate surface area is 89.8 Å². The number of nitrogens with zero attached hydrogens (tertiary/aromatic N) is 1. The maximum Gasteiger partial charge on any atom is 0.425 e. The van der Waals surface area contributed by atoms with Gasteiger partial charge in [-0.05, 0) is 0 Å². The van der Waals surface area contributed by atoms with E-state index in [4.69, 9.17) is 12.6 Å². The van der Waals surface area contributed by atoms with Crippen molar-refractivity contribution in [3.05, 3.63) is 47.2 Å². The molecular weight excluding hydrogens is 222 g/mol. The molecule has 0 unspecified atom stereocenters. The molecule has 0 aromatic heterocycles. The van der Waals surface area contributed by atoms with Gasteiger partial charge in [0, 0.05) is 12.2 Å². The predicted octanol–water partition coefficient (Wildman–Crippen LogP) is 1.54. The van der Waals surface area contributed by atoms with Crippen molar-refractivity contribution in [2.24, 2.45) is 0 Å². The highest BCUT2D eigenvalue weighted by atomic mass is 32.2. The van der Waals surface area contributed by atoms with Gasteiger partial charge in [0.05, 0.1) is 4.92 Å². The molecular formula is C8H13NO5S. The molecule has 86 valence electrons. The van der Waals surface area contributed by atoms with Crippen LogP contribution < -0.4 is 0 Å². The second-order valence-corrected chi connectivity index (χ2v) is 1.90. The zero-order valence-corrected chi connectivity index (χ0v) is 9.36. The molecule has 0 saturated carbocycles. The van der Waals surface area contributed by atoms with E-state index in [9.17, 15) is 10.1 Å². The molecule has 0 atom stereocenters. The van der Waals surface area contributed by atoms with Gasteiger partial charge in [-0.1, -0.05) is 33.1 Å². The summed E-state index contributed by atoms with van der Waals surface area (Å²) in [5.41, 5.74) is -0.0370. The van der Waals surface area contributed by atoms with Gasteiger partial charge in [-0.2, -0.15) is 0 Å². The molecule has 0 aliphatic carbocycles. The van der Waals surface area contributed by atoms with E-state index >= 15 is 0 Å². The van der Waals surface area contributed by atoms with Crippen LogP contribution in [-0.2, 0) is 10.6 Å². The second kappa shape index (κ2) is 14.7. The van der Waals surface area contributed by atoms with Gasteiger partial charge >= 0.3 is 10.6 Å². The lowest BCUT2D eigenvalue weighted by Crippen LogP contribution is -1.93. The van der Waals surface area contributed by atoms with Gasteiger partial charge < -0.3 is 0 Å². The molecule has 0 saturated heterocycles. The summed E-state index contributed by atoms with van der Waals surface area (Å²) in [4.78, 5) is 9.42. The maximum absolute atomic E-state index is 9.94. The fraction of sp³-hybridized carbons (Fsp3) is 0.250. The average Bonchev–Trinajstić information content (AvgIpc) is 2.16. The van der Waals surface area contributed by atoms with E-state index in [-0.39, 0.29) is 5.70 Å². The third-order valence-electron chi connectivity index (χ3n) is 0.709. The first kappa shape index (κ1) is 18.9. The largest absolute Gasteiger partial charge is 0.425 e. The Morgan fingerprint density at radius 2 is 1.60 bits per heavy atom. The number of allylic oxidation sites excluding steroid dienone is 3. The van der Waals surface area contributed by atoms with Crippen LogP contribution in [0.3, 0.4) is 0 Å². The molecule has 0 aromatic rings. The van der Waals surface area contributed by atoms with Crippen molar-refractivity contribution in [3.63, 3.8) is 0 Å². The van der Waals surface area contributed by atoms with Crippen molar-refractivity contribution >= 4 is 10.6 Å². The zero-order valence-electron chi connectivity index (χ0n) is 8.54. The number of rotatable bonds is 3. The smallest absolute Gasteiger partial charge is 0.258 e. The molecule has 0 heterocycles. The van der Waals surface area contributed by atoms with E-state index in [1.807, 2.05) is 13.8 Å². The van der Waals surface area contributed by atoms with Gasteiger partial charge in [0.25, 0.3) is 5.70 Å². The lowest BCUT2D eigenvalue weighted by molar-refractivity contribution is -0.418. The number of nitro groups is 1. The second-order valence-electron chi connectivity index (χ2n) is 1.49. The van der Waals surface area contributed by atoms with Crippen LogP contribution in [0.2, 0.25) is 0 Å². The van der Waals surface area contributed by atoms with Crippen LogP contribution in [0.15, 0.2) is 37.1 Å². The van der Waals surface area contributed by atoms with Crippen molar-refractivity contribution in [3.8, 4) is 0 Å². The van der Waals surface area contributed by atoms with Gasteiger partial charge in [-0.3, -0.25) is 10.1 Å². The molecule has 7 heteroatoms. The first-order valence-electron chi connectivity index (χ1n) is 3.82. The van der Waals surface area contributed by atoms with Crippen LogP contribution in [0.5, 0.6) is 0 Å². The summed E-state index contributed by atoms with van der Waals surface area (Å²) in [6.07, 6.45) is 3.80. The standard InChI is InChI=1S/C6H7NO2.C2H6.O3S/c1-3-5-6(4-2)7(8)9;1-2;1-4(2)3/h3-5H,1-2H2;1-2H3;/b6-5+;;. The number of hydrogen-bond acceptors (Lipinski definition) is 5. The topological polar surface area (TPSA) is 94.3 Å². The molecule has 0 fully saturated rings. The average molecular weight is 235 g/mol. The molecule has 0 spiro atoms. The molecule has 0 aliphatic rings. The van der Waals surface area contributed by atoms with Gasteiger partial charge in [-0.15, -0.1) is 12.6 Å². The molecule has 0 aliphatic heterocycles. The molecule has 15 heavy (non-hydrogen) atoms. The predicted molar refractivity (Wildman–Crippen MR) is 56.5 cm³/mol. The fourth-order valence-corrected chi connectivity index (χ4v) is 0.324. The Balaban J connectivity index is -0.000000202. The van der Waals surface area contributed by atoms with Crippen LogP contribution in [0, 0.1) is 10.1 Å². The summed E-state index contributed by atoms with van der Waals surface area (Å²) in [7, 11) is -3.11. The van der Waals surface area contributed by atoms with Crippen molar-refractivity contribution in [1.29, 1.82) is 0 Å². The van der Waals surface area contributed by atoms with Crippen molar-refractivity contribution in [2.75, 3.05) is 0 Å². The highest BCUT2D eigenvalue weighted by Crippen LogP contribution is 1.94. The third kappa shape index (κ3) is 24.5. The summed E-state index contributed by atoms with van der Waals surface area (Å²) in [6.45, 7) is 10.5. The Hall–Kier alpha value is -1.76. The summed E-state index contributed by atoms with van der Waals surface area (Å²) in [5.74, 6) is 0. The number of hydrogen-bond donors (Lipinski definition) is 0. The minimum absolute atomic E-state index is 0.0370. The van der Waals surface area contributed by atoms with Crippen LogP contribution in [0.1, 0.15) is 13.8 Å². The third-order valence-corrected chi connectivity index (χ3v) is 0.709. The Morgan fingerprint density at radius 1 is 1.27 bits per heavy atom. The summed E-state index contributed by atoms with van der Waals surface area (Å²) < 4.78 is 25.3. The monoisotopic (exact) mass is 235 g/mol. The summed E-state index contributed by atoms with van der Waals surface area (Å²) in [6, 6.07) is 0. The quantitative estimate of drug-likeness (QED) is 0.420. The SMILES string of the molecule is C=C/C=C(\C=C)[N+](=O)[O-].CC.O=S(=O)=O. The normalized spacial score (nSPS) is 8.27. The van der Waals surface area contributed by atoms with E-state index in [2.05, 4.69) is 13.2 Å². The molecule has 0 N–H and O–H groups in total. The summed E-state index contributed by atoms with van der Waals surface area (Å²) >= 11 is 0. The van der Waals surface area contributed by atoms with Crippen LogP contribution in [-0.4, -0.2) is 17.6 Å². The first-order valence-corrected chi connectivity index (χ1v) is 4.82. The Kier molecular flexibility index (Phi) is 18.6. The Bertz CT molecular complexity index is 320. The minimum Gasteiger partial charge on any atom is -0.258 e. The molecule has 0 radical (unpaired) electrons. The molecule has 0 amide bonds. The first-order chi connectivity index (χ1) is 6.95. The highest BCUT2D eigenvalue weighted by Gasteiger charge is 1.99. The molecule has 0 aromatic carbocycles. The molecule has 6 nitrogen and oxygen atoms in total. The van der Waals surface area contributed by atoms with E-state index in [0.717, 1.165) is 0 Å². The van der Waals surface area contributed by atoms with Crippen molar-refractivity contribution < 1.29 is 17.6 Å². The lowest BCUT2D eigenvalue weighted by atomic mass is 10.4. The highest BCUT2D eigenvalue weighted by molar-refractivity contribution is 7.59. The van der Waals surface area contributed by atoms with E-state index < -0.39 is 15.5 Å². The summed E-state index contributed by atoms with van der Waals surface area (Å²) in [5, 5.41) is 9.94. The lowest BCUT2D eigenvalue weighted by Gasteiger charge is -1.84. The minimum atomic E-state index is -3.11. The van der Waals surface area contributed by atoms with Gasteiger partial charge in [0.1, 0.15) is 0 Å². The van der Waals surface area contributed by atoms with Crippen molar-refractivity contribution in [2.45, 2.75) is 13.8 Å².